The van der Waals surface area contributed by atoms with Crippen LogP contribution in [0, 0.1) is 0 Å². The second kappa shape index (κ2) is 8.51. The molecule has 0 aliphatic carbocycles. The van der Waals surface area contributed by atoms with E-state index in [1.54, 1.807) is 29.2 Å². The first-order valence-electron chi connectivity index (χ1n) is 8.77. The Balaban J connectivity index is 0.00000210. The Hall–Kier alpha value is -2.42. The summed E-state index contributed by atoms with van der Waals surface area (Å²) in [6, 6.07) is 7.00. The average molecular weight is 392 g/mol. The molecule has 1 aromatic heterocycles. The van der Waals surface area contributed by atoms with Gasteiger partial charge in [-0.05, 0) is 18.2 Å². The molecule has 0 bridgehead atoms. The first-order valence-corrected chi connectivity index (χ1v) is 8.77. The van der Waals surface area contributed by atoms with Gasteiger partial charge in [0.2, 0.25) is 0 Å². The summed E-state index contributed by atoms with van der Waals surface area (Å²) in [7, 11) is 0. The van der Waals surface area contributed by atoms with Crippen molar-refractivity contribution in [1.82, 2.24) is 20.4 Å². The third kappa shape index (κ3) is 4.13. The Morgan fingerprint density at radius 2 is 2.04 bits per heavy atom. The zero-order valence-electron chi connectivity index (χ0n) is 14.8. The van der Waals surface area contributed by atoms with Gasteiger partial charge >= 0.3 is 0 Å². The fourth-order valence-corrected chi connectivity index (χ4v) is 3.28. The van der Waals surface area contributed by atoms with Crippen LogP contribution in [-0.4, -0.2) is 59.8 Å². The van der Waals surface area contributed by atoms with Crippen molar-refractivity contribution in [3.8, 4) is 0 Å². The standard InChI is InChI=1S/C18H21N5O3.ClH/c24-17(16-14-11-19-5-4-15(14)21-22-16)20-13-3-1-2-12(10-13)18(25)23-6-8-26-9-7-23;/h1-3,10,19H,4-9,11H2,(H,20,24)(H,21,22);1H. The summed E-state index contributed by atoms with van der Waals surface area (Å²) < 4.78 is 5.28. The van der Waals surface area contributed by atoms with E-state index in [9.17, 15) is 9.59 Å². The Bertz CT molecular complexity index is 832. The highest BCUT2D eigenvalue weighted by molar-refractivity contribution is 6.05. The lowest BCUT2D eigenvalue weighted by molar-refractivity contribution is 0.0303. The van der Waals surface area contributed by atoms with Crippen molar-refractivity contribution in [3.63, 3.8) is 0 Å². The van der Waals surface area contributed by atoms with Crippen molar-refractivity contribution in [1.29, 1.82) is 0 Å². The van der Waals surface area contributed by atoms with Gasteiger partial charge in [-0.25, -0.2) is 0 Å². The number of ether oxygens (including phenoxy) is 1. The molecule has 1 aromatic carbocycles. The molecule has 2 aliphatic rings. The van der Waals surface area contributed by atoms with Crippen LogP contribution in [-0.2, 0) is 17.7 Å². The molecule has 0 atom stereocenters. The van der Waals surface area contributed by atoms with Gasteiger partial charge in [0.05, 0.1) is 13.2 Å². The number of carbonyl (C=O) groups is 2. The number of benzene rings is 1. The second-order valence-electron chi connectivity index (χ2n) is 6.40. The predicted octanol–water partition coefficient (Wildman–Crippen LogP) is 1.20. The summed E-state index contributed by atoms with van der Waals surface area (Å²) >= 11 is 0. The third-order valence-corrected chi connectivity index (χ3v) is 4.69. The van der Waals surface area contributed by atoms with Gasteiger partial charge in [0.25, 0.3) is 11.8 Å². The van der Waals surface area contributed by atoms with E-state index < -0.39 is 0 Å². The molecule has 8 nitrogen and oxygen atoms in total. The summed E-state index contributed by atoms with van der Waals surface area (Å²) in [5.74, 6) is -0.326. The second-order valence-corrected chi connectivity index (χ2v) is 6.40. The fraction of sp³-hybridized carbons (Fsp3) is 0.389. The maximum absolute atomic E-state index is 12.6. The van der Waals surface area contributed by atoms with Gasteiger partial charge in [0, 0.05) is 55.1 Å². The van der Waals surface area contributed by atoms with Crippen molar-refractivity contribution < 1.29 is 14.3 Å². The van der Waals surface area contributed by atoms with Crippen LogP contribution in [0.1, 0.15) is 32.1 Å². The number of hydrogen-bond donors (Lipinski definition) is 3. The topological polar surface area (TPSA) is 99.3 Å². The number of nitrogens with one attached hydrogen (secondary N) is 3. The molecule has 0 spiro atoms. The lowest BCUT2D eigenvalue weighted by atomic mass is 10.1. The van der Waals surface area contributed by atoms with Gasteiger partial charge in [-0.15, -0.1) is 12.4 Å². The summed E-state index contributed by atoms with van der Waals surface area (Å²) in [6.45, 7) is 3.79. The molecule has 4 rings (SSSR count). The largest absolute Gasteiger partial charge is 0.378 e. The number of carbonyl (C=O) groups excluding carboxylic acids is 2. The number of aromatic amines is 1. The van der Waals surface area contributed by atoms with E-state index in [1.807, 2.05) is 0 Å². The molecule has 3 N–H and O–H groups in total. The summed E-state index contributed by atoms with van der Waals surface area (Å²) in [5, 5.41) is 13.2. The molecule has 27 heavy (non-hydrogen) atoms. The number of nitrogens with zero attached hydrogens (tertiary/aromatic N) is 2. The van der Waals surface area contributed by atoms with E-state index in [4.69, 9.17) is 4.74 Å². The molecule has 2 aliphatic heterocycles. The van der Waals surface area contributed by atoms with Crippen molar-refractivity contribution >= 4 is 29.9 Å². The fourth-order valence-electron chi connectivity index (χ4n) is 3.28. The van der Waals surface area contributed by atoms with Crippen LogP contribution < -0.4 is 10.6 Å². The lowest BCUT2D eigenvalue weighted by Crippen LogP contribution is -2.40. The molecule has 0 saturated carbocycles. The zero-order valence-corrected chi connectivity index (χ0v) is 15.6. The number of morpholine rings is 1. The van der Waals surface area contributed by atoms with Gasteiger partial charge in [0.1, 0.15) is 0 Å². The number of halogens is 1. The van der Waals surface area contributed by atoms with Crippen LogP contribution in [0.15, 0.2) is 24.3 Å². The molecule has 144 valence electrons. The number of hydrogen-bond acceptors (Lipinski definition) is 5. The normalized spacial score (nSPS) is 16.2. The zero-order chi connectivity index (χ0) is 17.9. The number of rotatable bonds is 3. The Morgan fingerprint density at radius 3 is 2.85 bits per heavy atom. The maximum Gasteiger partial charge on any atom is 0.276 e. The molecule has 1 saturated heterocycles. The number of aromatic nitrogens is 2. The number of amides is 2. The molecular formula is C18H22ClN5O3. The van der Waals surface area contributed by atoms with Gasteiger partial charge in [-0.3, -0.25) is 14.7 Å². The minimum Gasteiger partial charge on any atom is -0.378 e. The quantitative estimate of drug-likeness (QED) is 0.730. The van der Waals surface area contributed by atoms with Gasteiger partial charge in [-0.1, -0.05) is 6.07 Å². The van der Waals surface area contributed by atoms with E-state index in [1.165, 1.54) is 0 Å². The van der Waals surface area contributed by atoms with E-state index in [2.05, 4.69) is 20.8 Å². The highest BCUT2D eigenvalue weighted by Crippen LogP contribution is 2.18. The van der Waals surface area contributed by atoms with Crippen LogP contribution in [0.25, 0.3) is 0 Å². The third-order valence-electron chi connectivity index (χ3n) is 4.69. The van der Waals surface area contributed by atoms with E-state index in [-0.39, 0.29) is 24.2 Å². The van der Waals surface area contributed by atoms with Crippen molar-refractivity contribution in [2.45, 2.75) is 13.0 Å². The van der Waals surface area contributed by atoms with Crippen molar-refractivity contribution in [2.75, 3.05) is 38.2 Å². The molecule has 2 amide bonds. The number of fused-ring (bicyclic) bond motifs is 1. The van der Waals surface area contributed by atoms with E-state index in [0.29, 0.717) is 49.8 Å². The minimum absolute atomic E-state index is 0. The van der Waals surface area contributed by atoms with E-state index in [0.717, 1.165) is 24.2 Å². The molecule has 1 fully saturated rings. The van der Waals surface area contributed by atoms with Crippen LogP contribution in [0.5, 0.6) is 0 Å². The monoisotopic (exact) mass is 391 g/mol. The van der Waals surface area contributed by atoms with Crippen LogP contribution in [0.3, 0.4) is 0 Å². The van der Waals surface area contributed by atoms with Crippen LogP contribution in [0.4, 0.5) is 5.69 Å². The highest BCUT2D eigenvalue weighted by Gasteiger charge is 2.22. The molecule has 2 aromatic rings. The minimum atomic E-state index is -0.276. The summed E-state index contributed by atoms with van der Waals surface area (Å²) in [4.78, 5) is 27.0. The van der Waals surface area contributed by atoms with Gasteiger partial charge in [0.15, 0.2) is 5.69 Å². The Labute approximate surface area is 163 Å². The molecule has 0 unspecified atom stereocenters. The van der Waals surface area contributed by atoms with Crippen LogP contribution >= 0.6 is 12.4 Å². The SMILES string of the molecule is Cl.O=C(Nc1cccc(C(=O)N2CCOCC2)c1)c1n[nH]c2c1CNCC2. The smallest absolute Gasteiger partial charge is 0.276 e. The molecule has 0 radical (unpaired) electrons. The maximum atomic E-state index is 12.6. The molecule has 9 heteroatoms. The van der Waals surface area contributed by atoms with Gasteiger partial charge < -0.3 is 20.3 Å². The first kappa shape index (κ1) is 19.3. The Kier molecular flexibility index (Phi) is 6.10. The first-order chi connectivity index (χ1) is 12.7. The number of anilines is 1. The van der Waals surface area contributed by atoms with E-state index >= 15 is 0 Å². The number of H-pyrrole nitrogens is 1. The van der Waals surface area contributed by atoms with Gasteiger partial charge in [-0.2, -0.15) is 5.10 Å². The predicted molar refractivity (Wildman–Crippen MR) is 102 cm³/mol. The summed E-state index contributed by atoms with van der Waals surface area (Å²) in [5.41, 5.74) is 3.45. The summed E-state index contributed by atoms with van der Waals surface area (Å²) in [6.07, 6.45) is 0.832. The van der Waals surface area contributed by atoms with Crippen molar-refractivity contribution in [2.24, 2.45) is 0 Å². The Morgan fingerprint density at radius 1 is 1.22 bits per heavy atom. The van der Waals surface area contributed by atoms with Crippen LogP contribution in [0.2, 0.25) is 0 Å². The lowest BCUT2D eigenvalue weighted by Gasteiger charge is -2.27. The van der Waals surface area contributed by atoms with Crippen molar-refractivity contribution in [3.05, 3.63) is 46.8 Å². The highest BCUT2D eigenvalue weighted by atomic mass is 35.5. The molecule has 3 heterocycles. The average Bonchev–Trinajstić information content (AvgIpc) is 3.12. The molecular weight excluding hydrogens is 370 g/mol.